The van der Waals surface area contributed by atoms with Crippen molar-refractivity contribution in [3.63, 3.8) is 0 Å². The summed E-state index contributed by atoms with van der Waals surface area (Å²) < 4.78 is 0. The van der Waals surface area contributed by atoms with E-state index in [0.29, 0.717) is 6.04 Å². The van der Waals surface area contributed by atoms with Crippen LogP contribution in [-0.2, 0) is 17.6 Å². The molecule has 1 atom stereocenters. The number of nitrogens with one attached hydrogen (secondary N) is 2. The Morgan fingerprint density at radius 1 is 1.40 bits per heavy atom. The molecular weight excluding hydrogens is 270 g/mol. The summed E-state index contributed by atoms with van der Waals surface area (Å²) in [5.41, 5.74) is 4.65. The molecule has 5 heteroatoms. The van der Waals surface area contributed by atoms with Gasteiger partial charge in [-0.3, -0.25) is 9.89 Å². The van der Waals surface area contributed by atoms with E-state index in [1.54, 1.807) is 11.3 Å². The summed E-state index contributed by atoms with van der Waals surface area (Å²) in [7, 11) is 0. The number of fused-ring (bicyclic) bond motifs is 1. The molecule has 2 aromatic heterocycles. The fourth-order valence-corrected chi connectivity index (χ4v) is 3.54. The molecule has 4 nitrogen and oxygen atoms in total. The molecule has 2 heterocycles. The Hall–Kier alpha value is -1.62. The van der Waals surface area contributed by atoms with Crippen LogP contribution in [0, 0.1) is 5.92 Å². The number of rotatable bonds is 3. The molecule has 0 bridgehead atoms. The Bertz CT molecular complexity index is 628. The minimum absolute atomic E-state index is 0.109. The molecule has 0 spiro atoms. The molecule has 0 radical (unpaired) electrons. The van der Waals surface area contributed by atoms with Gasteiger partial charge in [-0.1, -0.05) is 0 Å². The number of aromatic amines is 1. The van der Waals surface area contributed by atoms with Crippen molar-refractivity contribution in [2.24, 2.45) is 5.92 Å². The van der Waals surface area contributed by atoms with Gasteiger partial charge < -0.3 is 5.32 Å². The van der Waals surface area contributed by atoms with E-state index in [2.05, 4.69) is 32.3 Å². The number of thiophene rings is 1. The third-order valence-corrected chi connectivity index (χ3v) is 4.92. The zero-order chi connectivity index (χ0) is 13.5. The Morgan fingerprint density at radius 2 is 2.30 bits per heavy atom. The van der Waals surface area contributed by atoms with Crippen molar-refractivity contribution in [1.29, 1.82) is 0 Å². The summed E-state index contributed by atoms with van der Waals surface area (Å²) in [6.45, 7) is 0. The summed E-state index contributed by atoms with van der Waals surface area (Å²) >= 11 is 1.68. The van der Waals surface area contributed by atoms with Gasteiger partial charge in [0.1, 0.15) is 0 Å². The first kappa shape index (κ1) is 12.1. The van der Waals surface area contributed by atoms with Gasteiger partial charge in [0.05, 0.1) is 5.69 Å². The van der Waals surface area contributed by atoms with Crippen LogP contribution in [0.5, 0.6) is 0 Å². The van der Waals surface area contributed by atoms with Crippen LogP contribution in [0.1, 0.15) is 30.5 Å². The highest BCUT2D eigenvalue weighted by molar-refractivity contribution is 7.08. The van der Waals surface area contributed by atoms with Crippen LogP contribution in [0.4, 0.5) is 0 Å². The first-order valence-corrected chi connectivity index (χ1v) is 8.14. The zero-order valence-corrected chi connectivity index (χ0v) is 12.0. The molecule has 0 unspecified atom stereocenters. The zero-order valence-electron chi connectivity index (χ0n) is 11.2. The van der Waals surface area contributed by atoms with Crippen LogP contribution in [0.25, 0.3) is 11.3 Å². The van der Waals surface area contributed by atoms with Crippen molar-refractivity contribution >= 4 is 17.2 Å². The number of aromatic nitrogens is 2. The average molecular weight is 287 g/mol. The predicted octanol–water partition coefficient (Wildman–Crippen LogP) is 2.52. The van der Waals surface area contributed by atoms with E-state index >= 15 is 0 Å². The van der Waals surface area contributed by atoms with Crippen LogP contribution in [0.2, 0.25) is 0 Å². The molecule has 0 aliphatic heterocycles. The molecule has 2 N–H and O–H groups in total. The van der Waals surface area contributed by atoms with E-state index < -0.39 is 0 Å². The quantitative estimate of drug-likeness (QED) is 0.911. The normalized spacial score (nSPS) is 21.5. The van der Waals surface area contributed by atoms with E-state index in [-0.39, 0.29) is 11.8 Å². The summed E-state index contributed by atoms with van der Waals surface area (Å²) in [4.78, 5) is 12.2. The van der Waals surface area contributed by atoms with Crippen LogP contribution >= 0.6 is 11.3 Å². The van der Waals surface area contributed by atoms with Gasteiger partial charge in [-0.25, -0.2) is 0 Å². The summed E-state index contributed by atoms with van der Waals surface area (Å²) in [5, 5.41) is 14.9. The minimum atomic E-state index is 0.109. The Kier molecular flexibility index (Phi) is 2.88. The molecule has 20 heavy (non-hydrogen) atoms. The minimum Gasteiger partial charge on any atom is -0.353 e. The maximum absolute atomic E-state index is 12.2. The Balaban J connectivity index is 1.58. The number of carbonyl (C=O) groups excluding carboxylic acids is 1. The van der Waals surface area contributed by atoms with Crippen molar-refractivity contribution in [3.05, 3.63) is 28.1 Å². The van der Waals surface area contributed by atoms with Gasteiger partial charge in [0.15, 0.2) is 0 Å². The maximum atomic E-state index is 12.2. The predicted molar refractivity (Wildman–Crippen MR) is 78.6 cm³/mol. The van der Waals surface area contributed by atoms with Gasteiger partial charge >= 0.3 is 0 Å². The van der Waals surface area contributed by atoms with Crippen LogP contribution in [0.15, 0.2) is 16.8 Å². The van der Waals surface area contributed by atoms with Gasteiger partial charge in [-0.05, 0) is 43.6 Å². The van der Waals surface area contributed by atoms with E-state index in [0.717, 1.165) is 43.4 Å². The van der Waals surface area contributed by atoms with Crippen LogP contribution < -0.4 is 5.32 Å². The first-order chi connectivity index (χ1) is 9.81. The fraction of sp³-hybridized carbons (Fsp3) is 0.467. The van der Waals surface area contributed by atoms with Gasteiger partial charge in [0, 0.05) is 34.2 Å². The molecule has 104 valence electrons. The number of nitrogens with zero attached hydrogens (tertiary/aromatic N) is 1. The molecule has 4 rings (SSSR count). The molecule has 2 aromatic rings. The summed E-state index contributed by atoms with van der Waals surface area (Å²) in [6, 6.07) is 2.54. The van der Waals surface area contributed by atoms with E-state index in [4.69, 9.17) is 0 Å². The number of amides is 1. The molecule has 1 fully saturated rings. The molecule has 2 aliphatic rings. The molecule has 0 aromatic carbocycles. The highest BCUT2D eigenvalue weighted by Gasteiger charge is 2.31. The highest BCUT2D eigenvalue weighted by Crippen LogP contribution is 2.33. The molecular formula is C15H17N3OS. The van der Waals surface area contributed by atoms with Crippen LogP contribution in [-0.4, -0.2) is 22.1 Å². The molecule has 1 saturated carbocycles. The topological polar surface area (TPSA) is 57.8 Å². The number of carbonyl (C=O) groups is 1. The third-order valence-electron chi connectivity index (χ3n) is 4.24. The first-order valence-electron chi connectivity index (χ1n) is 7.20. The Labute approximate surface area is 121 Å². The van der Waals surface area contributed by atoms with E-state index in [1.807, 2.05) is 0 Å². The van der Waals surface area contributed by atoms with Crippen LogP contribution in [0.3, 0.4) is 0 Å². The SMILES string of the molecule is O=C(NC1CC1)[C@@H]1CCc2[nH]nc(-c3ccsc3)c2C1. The Morgan fingerprint density at radius 3 is 3.05 bits per heavy atom. The average Bonchev–Trinajstić information content (AvgIpc) is 2.97. The second-order valence-corrected chi connectivity index (χ2v) is 6.54. The lowest BCUT2D eigenvalue weighted by atomic mass is 9.85. The lowest BCUT2D eigenvalue weighted by molar-refractivity contribution is -0.125. The fourth-order valence-electron chi connectivity index (χ4n) is 2.90. The lowest BCUT2D eigenvalue weighted by Crippen LogP contribution is -2.35. The monoisotopic (exact) mass is 287 g/mol. The largest absolute Gasteiger partial charge is 0.353 e. The number of hydrogen-bond acceptors (Lipinski definition) is 3. The second-order valence-electron chi connectivity index (χ2n) is 5.76. The lowest BCUT2D eigenvalue weighted by Gasteiger charge is -2.21. The summed E-state index contributed by atoms with van der Waals surface area (Å²) in [6.07, 6.45) is 4.97. The van der Waals surface area contributed by atoms with E-state index in [9.17, 15) is 4.79 Å². The van der Waals surface area contributed by atoms with Crippen molar-refractivity contribution in [2.75, 3.05) is 0 Å². The van der Waals surface area contributed by atoms with Gasteiger partial charge in [-0.2, -0.15) is 16.4 Å². The smallest absolute Gasteiger partial charge is 0.223 e. The van der Waals surface area contributed by atoms with E-state index in [1.165, 1.54) is 11.3 Å². The van der Waals surface area contributed by atoms with Crippen molar-refractivity contribution < 1.29 is 4.79 Å². The standard InChI is InChI=1S/C15H17N3OS/c19-15(16-11-2-3-11)9-1-4-13-12(7-9)14(18-17-13)10-5-6-20-8-10/h5-6,8-9,11H,1-4,7H2,(H,16,19)(H,17,18)/t9-/m1/s1. The van der Waals surface area contributed by atoms with Crippen molar-refractivity contribution in [2.45, 2.75) is 38.1 Å². The molecule has 2 aliphatic carbocycles. The van der Waals surface area contributed by atoms with Gasteiger partial charge in [0.2, 0.25) is 5.91 Å². The van der Waals surface area contributed by atoms with Gasteiger partial charge in [-0.15, -0.1) is 0 Å². The highest BCUT2D eigenvalue weighted by atomic mass is 32.1. The maximum Gasteiger partial charge on any atom is 0.223 e. The number of hydrogen-bond donors (Lipinski definition) is 2. The number of aryl methyl sites for hydroxylation is 1. The molecule has 1 amide bonds. The number of H-pyrrole nitrogens is 1. The van der Waals surface area contributed by atoms with Crippen molar-refractivity contribution in [3.8, 4) is 11.3 Å². The second kappa shape index (κ2) is 4.74. The molecule has 0 saturated heterocycles. The van der Waals surface area contributed by atoms with Gasteiger partial charge in [0.25, 0.3) is 0 Å². The van der Waals surface area contributed by atoms with Crippen molar-refractivity contribution in [1.82, 2.24) is 15.5 Å². The third kappa shape index (κ3) is 2.16. The summed E-state index contributed by atoms with van der Waals surface area (Å²) in [5.74, 6) is 0.341.